The van der Waals surface area contributed by atoms with E-state index in [1.165, 1.54) is 33.4 Å². The van der Waals surface area contributed by atoms with Gasteiger partial charge in [-0.25, -0.2) is 0 Å². The van der Waals surface area contributed by atoms with Crippen LogP contribution >= 0.6 is 0 Å². The van der Waals surface area contributed by atoms with Crippen LogP contribution in [0.3, 0.4) is 0 Å². The molecular formula is C27H33NOSiTi. The average Bonchev–Trinajstić information content (AvgIpc) is 3.05. The molecule has 0 radical (unpaired) electrons. The van der Waals surface area contributed by atoms with Gasteiger partial charge in [0.2, 0.25) is 0 Å². The molecule has 0 aliphatic heterocycles. The number of rotatable bonds is 3. The normalized spacial score (nSPS) is 14.3. The van der Waals surface area contributed by atoms with Crippen LogP contribution in [-0.4, -0.2) is 26.0 Å². The van der Waals surface area contributed by atoms with Crippen LogP contribution in [0.4, 0.5) is 0 Å². The summed E-state index contributed by atoms with van der Waals surface area (Å²) in [5.74, 6) is 0.189. The Labute approximate surface area is 205 Å². The largest absolute Gasteiger partial charge is 2.00 e. The van der Waals surface area contributed by atoms with Crippen LogP contribution < -0.4 is 0 Å². The van der Waals surface area contributed by atoms with Crippen molar-refractivity contribution in [1.82, 2.24) is 4.57 Å². The third kappa shape index (κ3) is 5.00. The molecule has 0 spiro atoms. The molecule has 0 aromatic heterocycles. The van der Waals surface area contributed by atoms with Crippen molar-refractivity contribution in [2.45, 2.75) is 32.4 Å². The quantitative estimate of drug-likeness (QED) is 0.373. The molecule has 160 valence electrons. The van der Waals surface area contributed by atoms with Crippen molar-refractivity contribution >= 4 is 25.6 Å². The van der Waals surface area contributed by atoms with E-state index >= 15 is 0 Å². The Kier molecular flexibility index (Phi) is 8.96. The Balaban J connectivity index is 0.00000160. The predicted octanol–water partition coefficient (Wildman–Crippen LogP) is 6.71. The maximum atomic E-state index is 13.0. The fourth-order valence-corrected chi connectivity index (χ4v) is 5.72. The smallest absolute Gasteiger partial charge is 0.375 e. The second-order valence-corrected chi connectivity index (χ2v) is 10.6. The van der Waals surface area contributed by atoms with E-state index in [4.69, 9.17) is 0 Å². The first-order chi connectivity index (χ1) is 13.3. The van der Waals surface area contributed by atoms with E-state index in [2.05, 4.69) is 88.0 Å². The first-order valence-corrected chi connectivity index (χ1v) is 11.4. The summed E-state index contributed by atoms with van der Waals surface area (Å²) >= 11 is 0. The van der Waals surface area contributed by atoms with Crippen molar-refractivity contribution in [2.75, 3.05) is 7.05 Å². The van der Waals surface area contributed by atoms with Gasteiger partial charge in [-0.15, -0.1) is 0 Å². The van der Waals surface area contributed by atoms with Crippen molar-refractivity contribution in [1.29, 1.82) is 0 Å². The monoisotopic (exact) mass is 463 g/mol. The van der Waals surface area contributed by atoms with Crippen molar-refractivity contribution < 1.29 is 26.2 Å². The second kappa shape index (κ2) is 10.2. The Morgan fingerprint density at radius 1 is 0.871 bits per heavy atom. The summed E-state index contributed by atoms with van der Waals surface area (Å²) in [5, 5.41) is 0. The molecule has 0 atom stereocenters. The van der Waals surface area contributed by atoms with Crippen molar-refractivity contribution in [3.63, 3.8) is 0 Å². The minimum Gasteiger partial charge on any atom is -0.375 e. The molecule has 0 bridgehead atoms. The number of allylic oxidation sites excluding steroid dienone is 4. The molecule has 0 saturated heterocycles. The number of hydrogen-bond acceptors (Lipinski definition) is 1. The van der Waals surface area contributed by atoms with Gasteiger partial charge in [-0.3, -0.25) is 0 Å². The molecule has 2 aliphatic rings. The van der Waals surface area contributed by atoms with E-state index in [-0.39, 0.29) is 48.0 Å². The van der Waals surface area contributed by atoms with Crippen LogP contribution in [0.25, 0.3) is 16.7 Å². The molecular weight excluding hydrogens is 430 g/mol. The summed E-state index contributed by atoms with van der Waals surface area (Å²) in [6.07, 6.45) is 4.62. The predicted molar refractivity (Wildman–Crippen MR) is 132 cm³/mol. The molecule has 4 heteroatoms. The molecule has 31 heavy (non-hydrogen) atoms. The Morgan fingerprint density at radius 2 is 1.26 bits per heavy atom. The standard InChI is InChI=1S/C25H27NOSi.2CH3.Ti/c1-17-19-10-6-8-12-21(19)23-14-18(16-28(27)26(5)25(2,3)4)15-24(23)22-13-9-7-11-20(17)22;;;/h6-15,18H,1,16H2,2-5H3;2*1H3;/q;2*-1;+2. The van der Waals surface area contributed by atoms with Gasteiger partial charge in [-0.2, -0.15) is 0 Å². The Hall–Kier alpha value is -1.81. The molecule has 2 aromatic carbocycles. The van der Waals surface area contributed by atoms with Gasteiger partial charge in [0.1, 0.15) is 0 Å². The third-order valence-electron chi connectivity index (χ3n) is 5.93. The Morgan fingerprint density at radius 3 is 1.65 bits per heavy atom. The first-order valence-electron chi connectivity index (χ1n) is 9.86. The van der Waals surface area contributed by atoms with Gasteiger partial charge in [0, 0.05) is 24.5 Å². The van der Waals surface area contributed by atoms with Crippen LogP contribution in [0.15, 0.2) is 67.3 Å². The molecule has 2 nitrogen and oxygen atoms in total. The van der Waals surface area contributed by atoms with Crippen LogP contribution in [0, 0.1) is 20.8 Å². The fourth-order valence-electron chi connectivity index (χ4n) is 4.06. The molecule has 0 unspecified atom stereocenters. The van der Waals surface area contributed by atoms with Crippen molar-refractivity contribution in [2.24, 2.45) is 5.92 Å². The molecule has 0 saturated carbocycles. The molecule has 4 rings (SSSR count). The molecule has 2 aliphatic carbocycles. The zero-order valence-corrected chi connectivity index (χ0v) is 22.2. The van der Waals surface area contributed by atoms with Crippen molar-refractivity contribution in [3.8, 4) is 0 Å². The van der Waals surface area contributed by atoms with E-state index in [1.807, 2.05) is 11.6 Å². The summed E-state index contributed by atoms with van der Waals surface area (Å²) in [5.41, 5.74) is 8.30. The molecule has 0 N–H and O–H groups in total. The maximum Gasteiger partial charge on any atom is 2.00 e. The second-order valence-electron chi connectivity index (χ2n) is 8.72. The van der Waals surface area contributed by atoms with Crippen LogP contribution in [-0.2, 0) is 26.2 Å². The van der Waals surface area contributed by atoms with E-state index in [0.717, 1.165) is 5.57 Å². The average molecular weight is 464 g/mol. The maximum absolute atomic E-state index is 13.0. The van der Waals surface area contributed by atoms with Crippen LogP contribution in [0.5, 0.6) is 0 Å². The van der Waals surface area contributed by atoms with Crippen LogP contribution in [0.1, 0.15) is 43.0 Å². The SMILES string of the molecule is C=C1c2ccccc2C2=CC(C[Si](=O)N(C)C(C)(C)C)C=C2c2ccccc21.[CH3-].[CH3-].[Ti+2]. The summed E-state index contributed by atoms with van der Waals surface area (Å²) < 4.78 is 15.0. The molecule has 0 amide bonds. The summed E-state index contributed by atoms with van der Waals surface area (Å²) in [6.45, 7) is 10.7. The first kappa shape index (κ1) is 27.2. The number of benzene rings is 2. The zero-order valence-electron chi connectivity index (χ0n) is 19.6. The van der Waals surface area contributed by atoms with Gasteiger partial charge in [-0.05, 0) is 59.7 Å². The number of nitrogens with zero attached hydrogens (tertiary/aromatic N) is 1. The van der Waals surface area contributed by atoms with Gasteiger partial charge in [-0.1, -0.05) is 67.3 Å². The topological polar surface area (TPSA) is 20.3 Å². The zero-order chi connectivity index (χ0) is 20.1. The summed E-state index contributed by atoms with van der Waals surface area (Å²) in [7, 11) is 0.129. The summed E-state index contributed by atoms with van der Waals surface area (Å²) in [4.78, 5) is 0. The van der Waals surface area contributed by atoms with E-state index in [1.54, 1.807) is 0 Å². The van der Waals surface area contributed by atoms with Gasteiger partial charge >= 0.3 is 30.6 Å². The Bertz CT molecular complexity index is 980. The van der Waals surface area contributed by atoms with Gasteiger partial charge < -0.3 is 23.9 Å². The van der Waals surface area contributed by atoms with Gasteiger partial charge in [0.25, 0.3) is 0 Å². The van der Waals surface area contributed by atoms with Gasteiger partial charge in [0.05, 0.1) is 0 Å². The van der Waals surface area contributed by atoms with E-state index < -0.39 is 8.84 Å². The van der Waals surface area contributed by atoms with Crippen molar-refractivity contribution in [3.05, 3.63) is 104 Å². The fraction of sp³-hybridized carbons (Fsp3) is 0.259. The minimum atomic E-state index is -1.85. The molecule has 0 heterocycles. The summed E-state index contributed by atoms with van der Waals surface area (Å²) in [6, 6.07) is 17.7. The number of fused-ring (bicyclic) bond motifs is 5. The number of hydrogen-bond donors (Lipinski definition) is 0. The minimum absolute atomic E-state index is 0. The third-order valence-corrected chi connectivity index (χ3v) is 8.17. The van der Waals surface area contributed by atoms with E-state index in [9.17, 15) is 4.46 Å². The van der Waals surface area contributed by atoms with Crippen LogP contribution in [0.2, 0.25) is 6.04 Å². The van der Waals surface area contributed by atoms with Gasteiger partial charge in [0.15, 0.2) is 0 Å². The van der Waals surface area contributed by atoms with E-state index in [0.29, 0.717) is 6.04 Å². The molecule has 2 aromatic rings. The molecule has 0 fully saturated rings.